The van der Waals surface area contributed by atoms with Crippen molar-refractivity contribution in [3.8, 4) is 0 Å². The molecule has 0 aromatic carbocycles. The van der Waals surface area contributed by atoms with Gasteiger partial charge in [-0.15, -0.1) is 0 Å². The maximum Gasteiger partial charge on any atom is 0.320 e. The summed E-state index contributed by atoms with van der Waals surface area (Å²) in [5.41, 5.74) is 5.22. The Labute approximate surface area is 124 Å². The smallest absolute Gasteiger partial charge is 0.320 e. The lowest BCUT2D eigenvalue weighted by Crippen LogP contribution is -2.42. The van der Waals surface area contributed by atoms with Crippen LogP contribution in [-0.2, 0) is 9.53 Å². The molecule has 20 heavy (non-hydrogen) atoms. The molecule has 1 saturated carbocycles. The van der Waals surface area contributed by atoms with E-state index in [1.807, 2.05) is 20.8 Å². The molecule has 0 unspecified atom stereocenters. The number of rotatable bonds is 6. The van der Waals surface area contributed by atoms with Crippen LogP contribution >= 0.6 is 0 Å². The number of carbonyl (C=O) groups is 1. The molecule has 1 rings (SSSR count). The van der Waals surface area contributed by atoms with Crippen LogP contribution in [0.4, 0.5) is 0 Å². The molecular weight excluding hydrogens is 252 g/mol. The van der Waals surface area contributed by atoms with Gasteiger partial charge in [-0.05, 0) is 46.6 Å². The van der Waals surface area contributed by atoms with Gasteiger partial charge in [0.15, 0.2) is 0 Å². The van der Waals surface area contributed by atoms with Crippen LogP contribution in [0.3, 0.4) is 0 Å². The van der Waals surface area contributed by atoms with Gasteiger partial charge in [-0.3, -0.25) is 9.69 Å². The molecule has 4 nitrogen and oxygen atoms in total. The van der Waals surface area contributed by atoms with Crippen molar-refractivity contribution in [2.75, 3.05) is 19.6 Å². The molecule has 0 radical (unpaired) electrons. The highest BCUT2D eigenvalue weighted by atomic mass is 16.6. The second-order valence-corrected chi connectivity index (χ2v) is 6.84. The zero-order valence-corrected chi connectivity index (χ0v) is 13.5. The molecular formula is C16H32N2O2. The van der Waals surface area contributed by atoms with Gasteiger partial charge in [0.2, 0.25) is 0 Å². The molecule has 1 aliphatic carbocycles. The van der Waals surface area contributed by atoms with Crippen LogP contribution in [0.1, 0.15) is 65.7 Å². The molecule has 1 fully saturated rings. The minimum Gasteiger partial charge on any atom is -0.459 e. The van der Waals surface area contributed by atoms with E-state index in [9.17, 15) is 4.79 Å². The van der Waals surface area contributed by atoms with E-state index < -0.39 is 5.60 Å². The Hall–Kier alpha value is -0.610. The second-order valence-electron chi connectivity index (χ2n) is 6.84. The lowest BCUT2D eigenvalue weighted by molar-refractivity contribution is -0.156. The Morgan fingerprint density at radius 2 is 1.80 bits per heavy atom. The van der Waals surface area contributed by atoms with Crippen LogP contribution in [0.2, 0.25) is 0 Å². The average Bonchev–Trinajstić information content (AvgIpc) is 2.60. The fraction of sp³-hybridized carbons (Fsp3) is 0.938. The number of hydrogen-bond acceptors (Lipinski definition) is 4. The van der Waals surface area contributed by atoms with Crippen LogP contribution < -0.4 is 5.73 Å². The van der Waals surface area contributed by atoms with Crippen molar-refractivity contribution in [3.63, 3.8) is 0 Å². The molecule has 2 N–H and O–H groups in total. The van der Waals surface area contributed by atoms with Gasteiger partial charge in [0.25, 0.3) is 0 Å². The Morgan fingerprint density at radius 3 is 2.30 bits per heavy atom. The van der Waals surface area contributed by atoms with Crippen molar-refractivity contribution in [3.05, 3.63) is 0 Å². The van der Waals surface area contributed by atoms with Crippen molar-refractivity contribution in [2.45, 2.75) is 77.4 Å². The normalized spacial score (nSPS) is 18.1. The Balaban J connectivity index is 2.55. The fourth-order valence-electron chi connectivity index (χ4n) is 2.85. The SMILES string of the molecule is CC(C)(C)OC(=O)CN(CCCN)C1CCCCCC1. The van der Waals surface area contributed by atoms with E-state index in [0.29, 0.717) is 19.1 Å². The van der Waals surface area contributed by atoms with E-state index in [-0.39, 0.29) is 5.97 Å². The summed E-state index contributed by atoms with van der Waals surface area (Å²) in [6.45, 7) is 7.74. The molecule has 0 aromatic heterocycles. The van der Waals surface area contributed by atoms with Gasteiger partial charge < -0.3 is 10.5 Å². The number of esters is 1. The second kappa shape index (κ2) is 8.63. The fourth-order valence-corrected chi connectivity index (χ4v) is 2.85. The Morgan fingerprint density at radius 1 is 1.20 bits per heavy atom. The third kappa shape index (κ3) is 7.25. The number of nitrogens with zero attached hydrogens (tertiary/aromatic N) is 1. The summed E-state index contributed by atoms with van der Waals surface area (Å²) in [6.07, 6.45) is 8.55. The van der Waals surface area contributed by atoms with E-state index in [1.54, 1.807) is 0 Å². The monoisotopic (exact) mass is 284 g/mol. The summed E-state index contributed by atoms with van der Waals surface area (Å²) in [5, 5.41) is 0. The third-order valence-corrected chi connectivity index (χ3v) is 3.74. The van der Waals surface area contributed by atoms with Crippen molar-refractivity contribution in [1.82, 2.24) is 4.90 Å². The third-order valence-electron chi connectivity index (χ3n) is 3.74. The molecule has 0 atom stereocenters. The standard InChI is InChI=1S/C16H32N2O2/c1-16(2,3)20-15(19)13-18(12-8-11-17)14-9-6-4-5-7-10-14/h14H,4-13,17H2,1-3H3. The predicted octanol–water partition coefficient (Wildman–Crippen LogP) is 2.70. The van der Waals surface area contributed by atoms with Crippen LogP contribution in [0, 0.1) is 0 Å². The molecule has 0 saturated heterocycles. The number of nitrogens with two attached hydrogens (primary N) is 1. The summed E-state index contributed by atoms with van der Waals surface area (Å²) >= 11 is 0. The van der Waals surface area contributed by atoms with Gasteiger partial charge in [0, 0.05) is 12.6 Å². The van der Waals surface area contributed by atoms with Crippen molar-refractivity contribution < 1.29 is 9.53 Å². The summed E-state index contributed by atoms with van der Waals surface area (Å²) in [7, 11) is 0. The number of hydrogen-bond donors (Lipinski definition) is 1. The van der Waals surface area contributed by atoms with Crippen LogP contribution in [0.15, 0.2) is 0 Å². The zero-order valence-electron chi connectivity index (χ0n) is 13.5. The first-order valence-corrected chi connectivity index (χ1v) is 8.08. The number of carbonyl (C=O) groups excluding carboxylic acids is 1. The molecule has 0 amide bonds. The summed E-state index contributed by atoms with van der Waals surface area (Å²) in [6, 6.07) is 0.525. The maximum atomic E-state index is 12.1. The first-order valence-electron chi connectivity index (χ1n) is 8.08. The van der Waals surface area contributed by atoms with Gasteiger partial charge in [0.1, 0.15) is 5.60 Å². The van der Waals surface area contributed by atoms with Gasteiger partial charge in [-0.25, -0.2) is 0 Å². The maximum absolute atomic E-state index is 12.1. The van der Waals surface area contributed by atoms with Gasteiger partial charge in [0.05, 0.1) is 6.54 Å². The highest BCUT2D eigenvalue weighted by Crippen LogP contribution is 2.22. The highest BCUT2D eigenvalue weighted by molar-refractivity contribution is 5.72. The quantitative estimate of drug-likeness (QED) is 0.602. The Bertz CT molecular complexity index is 279. The van der Waals surface area contributed by atoms with Crippen LogP contribution in [0.25, 0.3) is 0 Å². The lowest BCUT2D eigenvalue weighted by Gasteiger charge is -2.31. The van der Waals surface area contributed by atoms with E-state index in [0.717, 1.165) is 13.0 Å². The summed E-state index contributed by atoms with van der Waals surface area (Å²) in [4.78, 5) is 14.4. The van der Waals surface area contributed by atoms with E-state index >= 15 is 0 Å². The predicted molar refractivity (Wildman–Crippen MR) is 82.6 cm³/mol. The first kappa shape index (κ1) is 17.4. The van der Waals surface area contributed by atoms with E-state index in [1.165, 1.54) is 38.5 Å². The molecule has 118 valence electrons. The molecule has 0 aliphatic heterocycles. The highest BCUT2D eigenvalue weighted by Gasteiger charge is 2.24. The minimum atomic E-state index is -0.403. The molecule has 0 bridgehead atoms. The molecule has 0 aromatic rings. The average molecular weight is 284 g/mol. The molecule has 0 heterocycles. The van der Waals surface area contributed by atoms with Gasteiger partial charge in [-0.1, -0.05) is 25.7 Å². The largest absolute Gasteiger partial charge is 0.459 e. The van der Waals surface area contributed by atoms with Crippen LogP contribution in [0.5, 0.6) is 0 Å². The van der Waals surface area contributed by atoms with Crippen LogP contribution in [-0.4, -0.2) is 42.1 Å². The van der Waals surface area contributed by atoms with Crippen molar-refractivity contribution >= 4 is 5.97 Å². The summed E-state index contributed by atoms with van der Waals surface area (Å²) in [5.74, 6) is -0.112. The first-order chi connectivity index (χ1) is 9.42. The van der Waals surface area contributed by atoms with Gasteiger partial charge >= 0.3 is 5.97 Å². The van der Waals surface area contributed by atoms with Gasteiger partial charge in [-0.2, -0.15) is 0 Å². The molecule has 4 heteroatoms. The van der Waals surface area contributed by atoms with E-state index in [4.69, 9.17) is 10.5 Å². The topological polar surface area (TPSA) is 55.6 Å². The molecule has 1 aliphatic rings. The van der Waals surface area contributed by atoms with Crippen molar-refractivity contribution in [1.29, 1.82) is 0 Å². The Kier molecular flexibility index (Phi) is 7.52. The summed E-state index contributed by atoms with van der Waals surface area (Å²) < 4.78 is 5.46. The zero-order chi connectivity index (χ0) is 15.0. The number of ether oxygens (including phenoxy) is 1. The molecule has 0 spiro atoms. The van der Waals surface area contributed by atoms with E-state index in [2.05, 4.69) is 4.90 Å². The minimum absolute atomic E-state index is 0.112. The lowest BCUT2D eigenvalue weighted by atomic mass is 10.1. The van der Waals surface area contributed by atoms with Crippen molar-refractivity contribution in [2.24, 2.45) is 5.73 Å².